The van der Waals surface area contributed by atoms with Crippen molar-refractivity contribution < 1.29 is 18.3 Å². The predicted molar refractivity (Wildman–Crippen MR) is 250 cm³/mol. The summed E-state index contributed by atoms with van der Waals surface area (Å²) < 4.78 is 37.0. The van der Waals surface area contributed by atoms with Crippen molar-refractivity contribution in [1.82, 2.24) is 30.2 Å². The Morgan fingerprint density at radius 2 is 1.32 bits per heavy atom. The number of halogens is 2. The standard InChI is InChI=1S/C27H23FN4O2S2.C19H17FN4S2/c1-16-18(10-12-32(16)27(33)34-14-17-5-3-2-4-6-17)23-13-19-20(9-11-29-26(19)36-23)31-21-7-8-22-25(24(21)28)30-15-35-22;1-10-11(4-6-21-10)16-8-12-13(5-7-22-19(12)26-16)24-14-2-3-15-18(17(14)20)23-9-25-15/h2-9,11,13,15-16,18H,10,12,14H2,1H3,(H,29,31);2-3,5,7-11,21H,4,6H2,1H3,(H,22,24). The Balaban J connectivity index is 0.000000156. The number of aromatic nitrogens is 4. The zero-order valence-corrected chi connectivity index (χ0v) is 36.9. The van der Waals surface area contributed by atoms with Gasteiger partial charge in [0.1, 0.15) is 27.3 Å². The number of nitrogens with one attached hydrogen (secondary N) is 3. The molecule has 4 unspecified atom stereocenters. The van der Waals surface area contributed by atoms with E-state index in [0.717, 1.165) is 71.0 Å². The maximum Gasteiger partial charge on any atom is 0.410 e. The van der Waals surface area contributed by atoms with E-state index in [-0.39, 0.29) is 36.3 Å². The first-order chi connectivity index (χ1) is 30.3. The number of hydrogen-bond donors (Lipinski definition) is 3. The zero-order chi connectivity index (χ0) is 42.3. The second-order valence-corrected chi connectivity index (χ2v) is 19.4. The van der Waals surface area contributed by atoms with Crippen molar-refractivity contribution in [2.75, 3.05) is 23.7 Å². The van der Waals surface area contributed by atoms with Crippen LogP contribution in [0.3, 0.4) is 0 Å². The average Bonchev–Trinajstić information content (AvgIpc) is 4.15. The minimum Gasteiger partial charge on any atom is -0.445 e. The summed E-state index contributed by atoms with van der Waals surface area (Å²) in [5, 5.41) is 12.0. The van der Waals surface area contributed by atoms with Crippen molar-refractivity contribution in [3.63, 3.8) is 0 Å². The number of likely N-dealkylation sites (tertiary alicyclic amines) is 1. The molecule has 0 saturated carbocycles. The number of pyridine rings is 2. The lowest BCUT2D eigenvalue weighted by Crippen LogP contribution is -2.35. The SMILES string of the molecule is CC1C(c2cc3c(Nc4ccc5scnc5c4F)ccnc3s2)CCN1C(=O)OCc1ccccc1.CC1NCCC1c1cc2c(Nc3ccc4scnc4c3F)ccnc2s1. The van der Waals surface area contributed by atoms with Crippen LogP contribution in [-0.4, -0.2) is 56.1 Å². The second-order valence-electron chi connectivity index (χ2n) is 15.5. The largest absolute Gasteiger partial charge is 0.445 e. The lowest BCUT2D eigenvalue weighted by atomic mass is 9.99. The van der Waals surface area contributed by atoms with E-state index in [9.17, 15) is 13.6 Å². The van der Waals surface area contributed by atoms with Crippen LogP contribution in [0.15, 0.2) is 102 Å². The number of ether oxygens (including phenoxy) is 1. The maximum absolute atomic E-state index is 15.0. The summed E-state index contributed by atoms with van der Waals surface area (Å²) in [6.45, 7) is 6.26. The summed E-state index contributed by atoms with van der Waals surface area (Å²) in [6.07, 6.45) is 5.22. The van der Waals surface area contributed by atoms with Crippen LogP contribution in [0, 0.1) is 11.6 Å². The molecule has 0 radical (unpaired) electrons. The van der Waals surface area contributed by atoms with E-state index < -0.39 is 0 Å². The molecule has 2 aliphatic rings. The van der Waals surface area contributed by atoms with Crippen molar-refractivity contribution in [1.29, 1.82) is 0 Å². The lowest BCUT2D eigenvalue weighted by molar-refractivity contribution is 0.0934. The van der Waals surface area contributed by atoms with Gasteiger partial charge in [-0.1, -0.05) is 30.3 Å². The molecular formula is C46H40F2N8O2S4. The van der Waals surface area contributed by atoms with Gasteiger partial charge in [-0.25, -0.2) is 33.5 Å². The topological polar surface area (TPSA) is 117 Å². The summed E-state index contributed by atoms with van der Waals surface area (Å²) >= 11 is 6.22. The fourth-order valence-corrected chi connectivity index (χ4v) is 12.3. The Morgan fingerprint density at radius 3 is 1.89 bits per heavy atom. The molecule has 11 rings (SSSR count). The number of rotatable bonds is 8. The number of thiophene rings is 2. The van der Waals surface area contributed by atoms with Gasteiger partial charge in [0.15, 0.2) is 11.6 Å². The third kappa shape index (κ3) is 7.85. The molecule has 3 aromatic carbocycles. The average molecular weight is 903 g/mol. The molecule has 8 heterocycles. The normalized spacial score (nSPS) is 18.7. The number of nitrogens with zero attached hydrogens (tertiary/aromatic N) is 5. The van der Waals surface area contributed by atoms with Crippen LogP contribution in [0.1, 0.15) is 53.8 Å². The smallest absolute Gasteiger partial charge is 0.410 e. The molecule has 0 aliphatic carbocycles. The first-order valence-electron chi connectivity index (χ1n) is 20.3. The van der Waals surface area contributed by atoms with Crippen molar-refractivity contribution in [2.24, 2.45) is 0 Å². The minimum atomic E-state index is -0.358. The van der Waals surface area contributed by atoms with Crippen LogP contribution in [0.4, 0.5) is 36.3 Å². The molecule has 10 nitrogen and oxygen atoms in total. The van der Waals surface area contributed by atoms with E-state index >= 15 is 0 Å². The monoisotopic (exact) mass is 902 g/mol. The lowest BCUT2D eigenvalue weighted by Gasteiger charge is -2.23. The highest BCUT2D eigenvalue weighted by molar-refractivity contribution is 7.19. The highest BCUT2D eigenvalue weighted by atomic mass is 32.1. The Hall–Kier alpha value is -5.65. The molecule has 9 aromatic rings. The van der Waals surface area contributed by atoms with Crippen LogP contribution in [-0.2, 0) is 11.3 Å². The fraction of sp³-hybridized carbons (Fsp3) is 0.239. The van der Waals surface area contributed by atoms with Gasteiger partial charge in [0.05, 0.1) is 43.2 Å². The quantitative estimate of drug-likeness (QED) is 0.137. The molecule has 62 heavy (non-hydrogen) atoms. The molecule has 0 bridgehead atoms. The third-order valence-corrected chi connectivity index (χ3v) is 15.7. The number of fused-ring (bicyclic) bond motifs is 4. The Bertz CT molecular complexity index is 3060. The molecule has 4 atom stereocenters. The van der Waals surface area contributed by atoms with Gasteiger partial charge in [-0.3, -0.25) is 0 Å². The number of benzene rings is 3. The summed E-state index contributed by atoms with van der Waals surface area (Å²) in [4.78, 5) is 36.3. The van der Waals surface area contributed by atoms with Gasteiger partial charge in [-0.2, -0.15) is 0 Å². The summed E-state index contributed by atoms with van der Waals surface area (Å²) in [6, 6.07) is 25.6. The Morgan fingerprint density at radius 1 is 0.742 bits per heavy atom. The number of hydrogen-bond acceptors (Lipinski definition) is 13. The number of carbonyl (C=O) groups is 1. The van der Waals surface area contributed by atoms with E-state index in [2.05, 4.69) is 61.9 Å². The summed E-state index contributed by atoms with van der Waals surface area (Å²) in [7, 11) is 0. The van der Waals surface area contributed by atoms with Crippen LogP contribution >= 0.6 is 45.3 Å². The molecule has 3 N–H and O–H groups in total. The zero-order valence-electron chi connectivity index (χ0n) is 33.6. The molecule has 2 saturated heterocycles. The van der Waals surface area contributed by atoms with Crippen LogP contribution in [0.2, 0.25) is 0 Å². The number of amides is 1. The van der Waals surface area contributed by atoms with E-state index in [1.165, 1.54) is 27.6 Å². The molecular weight excluding hydrogens is 863 g/mol. The third-order valence-electron chi connectivity index (χ3n) is 11.8. The molecule has 1 amide bonds. The molecule has 314 valence electrons. The van der Waals surface area contributed by atoms with Gasteiger partial charge in [-0.05, 0) is 87.3 Å². The Labute approximate surface area is 371 Å². The molecule has 2 aliphatic heterocycles. The van der Waals surface area contributed by atoms with Crippen molar-refractivity contribution in [2.45, 2.75) is 57.2 Å². The molecule has 2 fully saturated rings. The van der Waals surface area contributed by atoms with E-state index in [4.69, 9.17) is 4.74 Å². The molecule has 0 spiro atoms. The van der Waals surface area contributed by atoms with Gasteiger partial charge < -0.3 is 25.6 Å². The van der Waals surface area contributed by atoms with Gasteiger partial charge in [0, 0.05) is 63.4 Å². The van der Waals surface area contributed by atoms with Crippen LogP contribution in [0.5, 0.6) is 0 Å². The van der Waals surface area contributed by atoms with E-state index in [0.29, 0.717) is 40.9 Å². The summed E-state index contributed by atoms with van der Waals surface area (Å²) in [5.74, 6) is 0.0376. The highest BCUT2D eigenvalue weighted by Crippen LogP contribution is 2.42. The molecule has 16 heteroatoms. The van der Waals surface area contributed by atoms with Crippen molar-refractivity contribution >= 4 is 115 Å². The highest BCUT2D eigenvalue weighted by Gasteiger charge is 2.37. The van der Waals surface area contributed by atoms with Crippen molar-refractivity contribution in [3.05, 3.63) is 129 Å². The first kappa shape index (κ1) is 40.4. The van der Waals surface area contributed by atoms with Crippen LogP contribution < -0.4 is 16.0 Å². The van der Waals surface area contributed by atoms with Gasteiger partial charge in [0.25, 0.3) is 0 Å². The summed E-state index contributed by atoms with van der Waals surface area (Å²) in [5.41, 5.74) is 7.58. The van der Waals surface area contributed by atoms with Gasteiger partial charge in [-0.15, -0.1) is 45.3 Å². The van der Waals surface area contributed by atoms with Gasteiger partial charge in [0.2, 0.25) is 0 Å². The number of anilines is 4. The Kier molecular flexibility index (Phi) is 11.2. The van der Waals surface area contributed by atoms with E-state index in [1.807, 2.05) is 59.5 Å². The second kappa shape index (κ2) is 17.3. The van der Waals surface area contributed by atoms with Gasteiger partial charge >= 0.3 is 6.09 Å². The van der Waals surface area contributed by atoms with Crippen molar-refractivity contribution in [3.8, 4) is 0 Å². The minimum absolute atomic E-state index is 0.00209. The molecule has 6 aromatic heterocycles. The van der Waals surface area contributed by atoms with E-state index in [1.54, 1.807) is 58.2 Å². The first-order valence-corrected chi connectivity index (χ1v) is 23.7. The predicted octanol–water partition coefficient (Wildman–Crippen LogP) is 12.6. The number of carbonyl (C=O) groups excluding carboxylic acids is 1. The fourth-order valence-electron chi connectivity index (χ4n) is 8.41. The van der Waals surface area contributed by atoms with Crippen LogP contribution in [0.25, 0.3) is 40.9 Å². The maximum atomic E-state index is 15.0. The number of thiazole rings is 2.